The van der Waals surface area contributed by atoms with E-state index in [1.807, 2.05) is 13.8 Å². The number of halogens is 1. The van der Waals surface area contributed by atoms with Crippen LogP contribution in [0.25, 0.3) is 0 Å². The minimum absolute atomic E-state index is 0.00502. The first-order valence-electron chi connectivity index (χ1n) is 7.63. The van der Waals surface area contributed by atoms with Gasteiger partial charge in [-0.3, -0.25) is 0 Å². The van der Waals surface area contributed by atoms with Gasteiger partial charge in [0.1, 0.15) is 11.6 Å². The van der Waals surface area contributed by atoms with E-state index in [0.29, 0.717) is 17.7 Å². The Balaban J connectivity index is 1.99. The van der Waals surface area contributed by atoms with Crippen LogP contribution in [0.3, 0.4) is 0 Å². The number of nitrogens with zero attached hydrogens (tertiary/aromatic N) is 1. The van der Waals surface area contributed by atoms with E-state index in [4.69, 9.17) is 4.74 Å². The molecule has 2 N–H and O–H groups in total. The average molecular weight is 296 g/mol. The lowest BCUT2D eigenvalue weighted by molar-refractivity contribution is 0.130. The average Bonchev–Trinajstić information content (AvgIpc) is 2.47. The van der Waals surface area contributed by atoms with Crippen molar-refractivity contribution in [2.75, 3.05) is 32.7 Å². The van der Waals surface area contributed by atoms with E-state index >= 15 is 0 Å². The van der Waals surface area contributed by atoms with E-state index < -0.39 is 6.10 Å². The summed E-state index contributed by atoms with van der Waals surface area (Å²) in [5.41, 5.74) is 0.541. The molecule has 21 heavy (non-hydrogen) atoms. The third kappa shape index (κ3) is 4.95. The van der Waals surface area contributed by atoms with Crippen molar-refractivity contribution < 1.29 is 14.2 Å². The third-order valence-electron chi connectivity index (χ3n) is 3.62. The lowest BCUT2D eigenvalue weighted by Gasteiger charge is -2.28. The lowest BCUT2D eigenvalue weighted by Crippen LogP contribution is -2.44. The summed E-state index contributed by atoms with van der Waals surface area (Å²) in [5, 5.41) is 13.7. The second-order valence-electron chi connectivity index (χ2n) is 5.74. The number of benzene rings is 1. The van der Waals surface area contributed by atoms with Gasteiger partial charge in [0.2, 0.25) is 0 Å². The molecule has 0 spiro atoms. The molecule has 5 heteroatoms. The van der Waals surface area contributed by atoms with E-state index in [0.717, 1.165) is 32.7 Å². The standard InChI is InChI=1S/C16H25FN2O2/c1-12(2)21-16-4-3-13(17)11-14(16)15(20)5-8-19-9-6-18-7-10-19/h3-4,11-12,15,18,20H,5-10H2,1-2H3. The van der Waals surface area contributed by atoms with Crippen LogP contribution in [0.1, 0.15) is 31.9 Å². The number of ether oxygens (including phenoxy) is 1. The minimum atomic E-state index is -0.704. The van der Waals surface area contributed by atoms with Crippen molar-refractivity contribution in [3.8, 4) is 5.75 Å². The van der Waals surface area contributed by atoms with Crippen LogP contribution in [0.2, 0.25) is 0 Å². The van der Waals surface area contributed by atoms with Crippen molar-refractivity contribution in [3.05, 3.63) is 29.6 Å². The van der Waals surface area contributed by atoms with Gasteiger partial charge in [0.05, 0.1) is 12.2 Å². The van der Waals surface area contributed by atoms with Crippen LogP contribution < -0.4 is 10.1 Å². The van der Waals surface area contributed by atoms with Crippen LogP contribution in [0.5, 0.6) is 5.75 Å². The molecule has 0 radical (unpaired) electrons. The fourth-order valence-electron chi connectivity index (χ4n) is 2.54. The van der Waals surface area contributed by atoms with Crippen LogP contribution in [-0.4, -0.2) is 48.8 Å². The summed E-state index contributed by atoms with van der Waals surface area (Å²) in [6, 6.07) is 4.34. The maximum Gasteiger partial charge on any atom is 0.125 e. The molecule has 0 aliphatic carbocycles. The van der Waals surface area contributed by atoms with E-state index in [1.165, 1.54) is 12.1 Å². The van der Waals surface area contributed by atoms with Crippen LogP contribution in [-0.2, 0) is 0 Å². The zero-order valence-electron chi connectivity index (χ0n) is 12.8. The Morgan fingerprint density at radius 3 is 2.71 bits per heavy atom. The first kappa shape index (κ1) is 16.2. The maximum absolute atomic E-state index is 13.5. The molecule has 1 fully saturated rings. The highest BCUT2D eigenvalue weighted by atomic mass is 19.1. The molecule has 0 saturated carbocycles. The molecule has 118 valence electrons. The van der Waals surface area contributed by atoms with Gasteiger partial charge in [-0.1, -0.05) is 0 Å². The molecule has 1 aromatic rings. The normalized spacial score (nSPS) is 18.0. The van der Waals surface area contributed by atoms with Crippen molar-refractivity contribution in [2.24, 2.45) is 0 Å². The van der Waals surface area contributed by atoms with Crippen molar-refractivity contribution in [1.82, 2.24) is 10.2 Å². The van der Waals surface area contributed by atoms with E-state index in [1.54, 1.807) is 6.07 Å². The summed E-state index contributed by atoms with van der Waals surface area (Å²) < 4.78 is 19.1. The van der Waals surface area contributed by atoms with E-state index in [2.05, 4.69) is 10.2 Å². The predicted octanol–water partition coefficient (Wildman–Crippen LogP) is 1.94. The molecule has 1 aliphatic heterocycles. The highest BCUT2D eigenvalue weighted by molar-refractivity contribution is 5.36. The Hall–Kier alpha value is -1.17. The van der Waals surface area contributed by atoms with Crippen LogP contribution in [0, 0.1) is 5.82 Å². The number of nitrogens with one attached hydrogen (secondary N) is 1. The highest BCUT2D eigenvalue weighted by Crippen LogP contribution is 2.29. The lowest BCUT2D eigenvalue weighted by atomic mass is 10.0. The predicted molar refractivity (Wildman–Crippen MR) is 81.1 cm³/mol. The SMILES string of the molecule is CC(C)Oc1ccc(F)cc1C(O)CCN1CCNCC1. The second-order valence-corrected chi connectivity index (χ2v) is 5.74. The summed E-state index contributed by atoms with van der Waals surface area (Å²) in [4.78, 5) is 2.31. The Morgan fingerprint density at radius 2 is 2.05 bits per heavy atom. The van der Waals surface area contributed by atoms with Gasteiger partial charge in [0.25, 0.3) is 0 Å². The van der Waals surface area contributed by atoms with Gasteiger partial charge in [0, 0.05) is 38.3 Å². The zero-order chi connectivity index (χ0) is 15.2. The molecule has 2 rings (SSSR count). The first-order valence-corrected chi connectivity index (χ1v) is 7.63. The smallest absolute Gasteiger partial charge is 0.125 e. The number of aliphatic hydroxyl groups is 1. The largest absolute Gasteiger partial charge is 0.491 e. The van der Waals surface area contributed by atoms with Crippen LogP contribution in [0.15, 0.2) is 18.2 Å². The minimum Gasteiger partial charge on any atom is -0.491 e. The number of hydrogen-bond acceptors (Lipinski definition) is 4. The van der Waals surface area contributed by atoms with Crippen LogP contribution >= 0.6 is 0 Å². The highest BCUT2D eigenvalue weighted by Gasteiger charge is 2.18. The molecular weight excluding hydrogens is 271 g/mol. The molecule has 1 aromatic carbocycles. The Labute approximate surface area is 125 Å². The molecule has 1 unspecified atom stereocenters. The summed E-state index contributed by atoms with van der Waals surface area (Å²) in [6.07, 6.45) is -0.128. The Bertz CT molecular complexity index is 448. The fourth-order valence-corrected chi connectivity index (χ4v) is 2.54. The van der Waals surface area contributed by atoms with Crippen molar-refractivity contribution in [3.63, 3.8) is 0 Å². The molecule has 1 heterocycles. The van der Waals surface area contributed by atoms with Gasteiger partial charge in [-0.25, -0.2) is 4.39 Å². The summed E-state index contributed by atoms with van der Waals surface area (Å²) in [5.74, 6) is 0.224. The van der Waals surface area contributed by atoms with E-state index in [9.17, 15) is 9.50 Å². The van der Waals surface area contributed by atoms with Gasteiger partial charge < -0.3 is 20.1 Å². The third-order valence-corrected chi connectivity index (χ3v) is 3.62. The summed E-state index contributed by atoms with van der Waals surface area (Å²) >= 11 is 0. The number of rotatable bonds is 6. The molecule has 4 nitrogen and oxygen atoms in total. The topological polar surface area (TPSA) is 44.7 Å². The molecule has 1 aliphatic rings. The fraction of sp³-hybridized carbons (Fsp3) is 0.625. The molecule has 0 bridgehead atoms. The van der Waals surface area contributed by atoms with Gasteiger partial charge in [-0.05, 0) is 38.5 Å². The summed E-state index contributed by atoms with van der Waals surface area (Å²) in [6.45, 7) is 8.59. The van der Waals surface area contributed by atoms with Crippen molar-refractivity contribution in [1.29, 1.82) is 0 Å². The number of aliphatic hydroxyl groups excluding tert-OH is 1. The number of piperazine rings is 1. The number of hydrogen-bond donors (Lipinski definition) is 2. The molecule has 1 saturated heterocycles. The maximum atomic E-state index is 13.5. The van der Waals surface area contributed by atoms with Crippen LogP contribution in [0.4, 0.5) is 4.39 Å². The molecular formula is C16H25FN2O2. The van der Waals surface area contributed by atoms with E-state index in [-0.39, 0.29) is 11.9 Å². The Kier molecular flexibility index (Phi) is 5.96. The van der Waals surface area contributed by atoms with Gasteiger partial charge in [-0.15, -0.1) is 0 Å². The Morgan fingerprint density at radius 1 is 1.33 bits per heavy atom. The molecule has 0 aromatic heterocycles. The zero-order valence-corrected chi connectivity index (χ0v) is 12.8. The van der Waals surface area contributed by atoms with Crippen molar-refractivity contribution >= 4 is 0 Å². The molecule has 1 atom stereocenters. The van der Waals surface area contributed by atoms with Gasteiger partial charge >= 0.3 is 0 Å². The quantitative estimate of drug-likeness (QED) is 0.842. The first-order chi connectivity index (χ1) is 10.1. The summed E-state index contributed by atoms with van der Waals surface area (Å²) in [7, 11) is 0. The molecule has 0 amide bonds. The van der Waals surface area contributed by atoms with Gasteiger partial charge in [0.15, 0.2) is 0 Å². The van der Waals surface area contributed by atoms with Gasteiger partial charge in [-0.2, -0.15) is 0 Å². The second kappa shape index (κ2) is 7.73. The van der Waals surface area contributed by atoms with Crippen molar-refractivity contribution in [2.45, 2.75) is 32.5 Å². The monoisotopic (exact) mass is 296 g/mol.